The summed E-state index contributed by atoms with van der Waals surface area (Å²) in [6, 6.07) is 0.746. The highest BCUT2D eigenvalue weighted by atomic mass is 32.2. The van der Waals surface area contributed by atoms with Crippen molar-refractivity contribution in [2.24, 2.45) is 0 Å². The van der Waals surface area contributed by atoms with Crippen LogP contribution in [0.1, 0.15) is 33.6 Å². The van der Waals surface area contributed by atoms with Crippen LogP contribution in [0.5, 0.6) is 0 Å². The summed E-state index contributed by atoms with van der Waals surface area (Å²) in [6.07, 6.45) is 3.84. The summed E-state index contributed by atoms with van der Waals surface area (Å²) in [6.45, 7) is 6.89. The fourth-order valence-electron chi connectivity index (χ4n) is 1.22. The maximum absolute atomic E-state index is 11.3. The zero-order valence-corrected chi connectivity index (χ0v) is 11.1. The monoisotopic (exact) mass is 232 g/mol. The second kappa shape index (κ2) is 9.04. The molecule has 0 aromatic heterocycles. The lowest BCUT2D eigenvalue weighted by Gasteiger charge is -2.13. The van der Waals surface area contributed by atoms with Crippen LogP contribution in [-0.4, -0.2) is 36.5 Å². The molecule has 0 spiro atoms. The van der Waals surface area contributed by atoms with Gasteiger partial charge in [0.1, 0.15) is 0 Å². The van der Waals surface area contributed by atoms with E-state index in [9.17, 15) is 4.79 Å². The fraction of sp³-hybridized carbons (Fsp3) is 0.909. The van der Waals surface area contributed by atoms with E-state index in [4.69, 9.17) is 0 Å². The summed E-state index contributed by atoms with van der Waals surface area (Å²) in [7, 11) is 0. The number of hydrogen-bond acceptors (Lipinski definition) is 3. The van der Waals surface area contributed by atoms with Gasteiger partial charge in [0.05, 0.1) is 0 Å². The van der Waals surface area contributed by atoms with Crippen LogP contribution in [-0.2, 0) is 4.79 Å². The van der Waals surface area contributed by atoms with Crippen molar-refractivity contribution < 1.29 is 4.79 Å². The lowest BCUT2D eigenvalue weighted by atomic mass is 10.2. The highest BCUT2D eigenvalue weighted by Gasteiger charge is 2.04. The van der Waals surface area contributed by atoms with E-state index in [-0.39, 0.29) is 11.9 Å². The van der Waals surface area contributed by atoms with Crippen molar-refractivity contribution in [3.05, 3.63) is 0 Å². The van der Waals surface area contributed by atoms with Crippen LogP contribution in [0.25, 0.3) is 0 Å². The SMILES string of the molecule is CSCCC(C)NCCC(=O)NC(C)C. The first kappa shape index (κ1) is 14.8. The highest BCUT2D eigenvalue weighted by Crippen LogP contribution is 1.99. The van der Waals surface area contributed by atoms with Gasteiger partial charge in [-0.15, -0.1) is 0 Å². The zero-order valence-electron chi connectivity index (χ0n) is 10.3. The van der Waals surface area contributed by atoms with Gasteiger partial charge in [0.25, 0.3) is 0 Å². The molecule has 0 bridgehead atoms. The first-order valence-electron chi connectivity index (χ1n) is 5.58. The van der Waals surface area contributed by atoms with Gasteiger partial charge < -0.3 is 10.6 Å². The molecule has 90 valence electrons. The number of hydrogen-bond donors (Lipinski definition) is 2. The predicted octanol–water partition coefficient (Wildman–Crippen LogP) is 1.63. The van der Waals surface area contributed by atoms with Crippen LogP contribution in [0.2, 0.25) is 0 Å². The summed E-state index contributed by atoms with van der Waals surface area (Å²) in [5, 5.41) is 6.22. The fourth-order valence-corrected chi connectivity index (χ4v) is 1.81. The Kier molecular flexibility index (Phi) is 8.91. The van der Waals surface area contributed by atoms with Gasteiger partial charge in [-0.3, -0.25) is 4.79 Å². The first-order chi connectivity index (χ1) is 7.06. The summed E-state index contributed by atoms with van der Waals surface area (Å²) in [5.41, 5.74) is 0. The van der Waals surface area contributed by atoms with E-state index in [2.05, 4.69) is 23.8 Å². The Balaban J connectivity index is 3.40. The number of carbonyl (C=O) groups is 1. The lowest BCUT2D eigenvalue weighted by molar-refractivity contribution is -0.121. The third-order valence-corrected chi connectivity index (χ3v) is 2.69. The van der Waals surface area contributed by atoms with Gasteiger partial charge >= 0.3 is 0 Å². The van der Waals surface area contributed by atoms with Crippen molar-refractivity contribution >= 4 is 17.7 Å². The minimum Gasteiger partial charge on any atom is -0.354 e. The Morgan fingerprint density at radius 3 is 2.53 bits per heavy atom. The predicted molar refractivity (Wildman–Crippen MR) is 68.4 cm³/mol. The van der Waals surface area contributed by atoms with Gasteiger partial charge in [-0.25, -0.2) is 0 Å². The molecule has 1 unspecified atom stereocenters. The maximum Gasteiger partial charge on any atom is 0.221 e. The number of amides is 1. The van der Waals surface area contributed by atoms with E-state index in [0.29, 0.717) is 12.5 Å². The van der Waals surface area contributed by atoms with E-state index >= 15 is 0 Å². The third-order valence-electron chi connectivity index (χ3n) is 2.05. The highest BCUT2D eigenvalue weighted by molar-refractivity contribution is 7.98. The Hall–Kier alpha value is -0.220. The van der Waals surface area contributed by atoms with Crippen molar-refractivity contribution in [1.29, 1.82) is 0 Å². The van der Waals surface area contributed by atoms with Crippen LogP contribution >= 0.6 is 11.8 Å². The molecule has 0 saturated heterocycles. The maximum atomic E-state index is 11.3. The van der Waals surface area contributed by atoms with E-state index in [1.54, 1.807) is 0 Å². The normalized spacial score (nSPS) is 12.9. The van der Waals surface area contributed by atoms with Crippen LogP contribution in [0.3, 0.4) is 0 Å². The molecule has 1 amide bonds. The van der Waals surface area contributed by atoms with Gasteiger partial charge in [-0.1, -0.05) is 0 Å². The number of nitrogens with one attached hydrogen (secondary N) is 2. The van der Waals surface area contributed by atoms with Gasteiger partial charge in [0.15, 0.2) is 0 Å². The van der Waals surface area contributed by atoms with E-state index in [0.717, 1.165) is 13.0 Å². The van der Waals surface area contributed by atoms with E-state index in [1.807, 2.05) is 25.6 Å². The van der Waals surface area contributed by atoms with Crippen molar-refractivity contribution in [3.63, 3.8) is 0 Å². The Bertz CT molecular complexity index is 174. The molecular weight excluding hydrogens is 208 g/mol. The van der Waals surface area contributed by atoms with Crippen molar-refractivity contribution in [1.82, 2.24) is 10.6 Å². The average Bonchev–Trinajstić information content (AvgIpc) is 2.13. The largest absolute Gasteiger partial charge is 0.354 e. The Morgan fingerprint density at radius 1 is 1.33 bits per heavy atom. The van der Waals surface area contributed by atoms with Crippen LogP contribution in [0.4, 0.5) is 0 Å². The van der Waals surface area contributed by atoms with Gasteiger partial charge in [0, 0.05) is 25.0 Å². The molecule has 0 fully saturated rings. The molecule has 0 aromatic carbocycles. The minimum atomic E-state index is 0.134. The van der Waals surface area contributed by atoms with Crippen molar-refractivity contribution in [3.8, 4) is 0 Å². The topological polar surface area (TPSA) is 41.1 Å². The zero-order chi connectivity index (χ0) is 11.7. The van der Waals surface area contributed by atoms with Crippen molar-refractivity contribution in [2.45, 2.75) is 45.7 Å². The van der Waals surface area contributed by atoms with E-state index in [1.165, 1.54) is 5.75 Å². The van der Waals surface area contributed by atoms with Crippen LogP contribution in [0.15, 0.2) is 0 Å². The molecule has 0 aromatic rings. The van der Waals surface area contributed by atoms with Crippen molar-refractivity contribution in [2.75, 3.05) is 18.6 Å². The smallest absolute Gasteiger partial charge is 0.221 e. The first-order valence-corrected chi connectivity index (χ1v) is 6.97. The van der Waals surface area contributed by atoms with Gasteiger partial charge in [0.2, 0.25) is 5.91 Å². The second-order valence-corrected chi connectivity index (χ2v) is 5.09. The number of carbonyl (C=O) groups excluding carboxylic acids is 1. The lowest BCUT2D eigenvalue weighted by Crippen LogP contribution is -2.34. The summed E-state index contributed by atoms with van der Waals surface area (Å²) in [4.78, 5) is 11.3. The quantitative estimate of drug-likeness (QED) is 0.668. The van der Waals surface area contributed by atoms with Crippen LogP contribution < -0.4 is 10.6 Å². The molecule has 0 heterocycles. The summed E-state index contributed by atoms with van der Waals surface area (Å²) < 4.78 is 0. The molecule has 0 saturated carbocycles. The molecule has 15 heavy (non-hydrogen) atoms. The summed E-state index contributed by atoms with van der Waals surface area (Å²) in [5.74, 6) is 1.31. The average molecular weight is 232 g/mol. The molecule has 0 radical (unpaired) electrons. The summed E-state index contributed by atoms with van der Waals surface area (Å²) >= 11 is 1.86. The molecule has 0 aliphatic rings. The number of thioether (sulfide) groups is 1. The molecule has 4 heteroatoms. The second-order valence-electron chi connectivity index (χ2n) is 4.11. The Labute approximate surface area is 97.8 Å². The van der Waals surface area contributed by atoms with Crippen LogP contribution in [0, 0.1) is 0 Å². The Morgan fingerprint density at radius 2 is 2.00 bits per heavy atom. The molecule has 0 aliphatic carbocycles. The molecule has 2 N–H and O–H groups in total. The van der Waals surface area contributed by atoms with E-state index < -0.39 is 0 Å². The molecule has 1 atom stereocenters. The third kappa shape index (κ3) is 10.1. The number of rotatable bonds is 8. The molecular formula is C11H24N2OS. The molecule has 0 rings (SSSR count). The standard InChI is InChI=1S/C11H24N2OS/c1-9(2)13-11(14)5-7-12-10(3)6-8-15-4/h9-10,12H,5-8H2,1-4H3,(H,13,14). The van der Waals surface area contributed by atoms with Gasteiger partial charge in [-0.2, -0.15) is 11.8 Å². The minimum absolute atomic E-state index is 0.134. The molecule has 3 nitrogen and oxygen atoms in total. The molecule has 0 aliphatic heterocycles. The van der Waals surface area contributed by atoms with Gasteiger partial charge in [-0.05, 0) is 39.2 Å².